The third-order valence-corrected chi connectivity index (χ3v) is 1.26. The van der Waals surface area contributed by atoms with E-state index in [0.29, 0.717) is 12.8 Å². The molecule has 0 heterocycles. The minimum atomic E-state index is -1.52. The van der Waals surface area contributed by atoms with E-state index < -0.39 is 16.5 Å². The summed E-state index contributed by atoms with van der Waals surface area (Å²) in [5.74, 6) is 0. The van der Waals surface area contributed by atoms with Crippen LogP contribution in [-0.4, -0.2) is 28.2 Å². The van der Waals surface area contributed by atoms with Crippen LogP contribution < -0.4 is 0 Å². The molecule has 0 bridgehead atoms. The standard InChI is InChI=1S/C5H10N2O7/c8-4-2-1-3-5(13-6(9)10)14-7(11)12/h5,8H,1-4H2. The highest BCUT2D eigenvalue weighted by atomic mass is 17.0. The van der Waals surface area contributed by atoms with Crippen molar-refractivity contribution >= 4 is 0 Å². The van der Waals surface area contributed by atoms with Crippen LogP contribution in [0.25, 0.3) is 0 Å². The van der Waals surface area contributed by atoms with E-state index in [1.807, 2.05) is 0 Å². The van der Waals surface area contributed by atoms with Gasteiger partial charge in [-0.15, -0.1) is 20.2 Å². The Labute approximate surface area is 78.4 Å². The van der Waals surface area contributed by atoms with E-state index in [2.05, 4.69) is 9.68 Å². The molecule has 0 saturated carbocycles. The second kappa shape index (κ2) is 6.83. The molecule has 0 aliphatic carbocycles. The zero-order chi connectivity index (χ0) is 11.0. The van der Waals surface area contributed by atoms with Crippen LogP contribution in [0.15, 0.2) is 0 Å². The minimum Gasteiger partial charge on any atom is -0.396 e. The lowest BCUT2D eigenvalue weighted by Gasteiger charge is -2.11. The van der Waals surface area contributed by atoms with Crippen molar-refractivity contribution in [2.24, 2.45) is 0 Å². The smallest absolute Gasteiger partial charge is 0.296 e. The van der Waals surface area contributed by atoms with E-state index in [1.54, 1.807) is 0 Å². The van der Waals surface area contributed by atoms with E-state index in [9.17, 15) is 20.2 Å². The monoisotopic (exact) mass is 210 g/mol. The summed E-state index contributed by atoms with van der Waals surface area (Å²) in [5.41, 5.74) is 0. The van der Waals surface area contributed by atoms with Gasteiger partial charge in [0, 0.05) is 6.61 Å². The SMILES string of the molecule is O=[N+]([O-])OC(CCCCO)O[N+](=O)[O-]. The summed E-state index contributed by atoms with van der Waals surface area (Å²) < 4.78 is 0. The molecule has 82 valence electrons. The van der Waals surface area contributed by atoms with E-state index in [0.717, 1.165) is 0 Å². The molecule has 0 unspecified atom stereocenters. The fraction of sp³-hybridized carbons (Fsp3) is 1.00. The average Bonchev–Trinajstić information content (AvgIpc) is 2.02. The van der Waals surface area contributed by atoms with Crippen molar-refractivity contribution in [3.63, 3.8) is 0 Å². The van der Waals surface area contributed by atoms with E-state index in [1.165, 1.54) is 0 Å². The molecule has 0 spiro atoms. The Bertz CT molecular complexity index is 181. The van der Waals surface area contributed by atoms with Gasteiger partial charge in [-0.1, -0.05) is 0 Å². The third-order valence-electron chi connectivity index (χ3n) is 1.26. The van der Waals surface area contributed by atoms with Gasteiger partial charge in [0.05, 0.1) is 0 Å². The van der Waals surface area contributed by atoms with Crippen LogP contribution in [0.5, 0.6) is 0 Å². The van der Waals surface area contributed by atoms with Crippen LogP contribution in [0.1, 0.15) is 19.3 Å². The van der Waals surface area contributed by atoms with Crippen LogP contribution in [0.3, 0.4) is 0 Å². The van der Waals surface area contributed by atoms with Gasteiger partial charge in [-0.25, -0.2) is 0 Å². The first kappa shape index (κ1) is 12.4. The summed E-state index contributed by atoms with van der Waals surface area (Å²) >= 11 is 0. The number of hydrogen-bond donors (Lipinski definition) is 1. The summed E-state index contributed by atoms with van der Waals surface area (Å²) in [5, 5.41) is 25.8. The minimum absolute atomic E-state index is 0.0253. The number of aliphatic hydroxyl groups excluding tert-OH is 1. The third kappa shape index (κ3) is 7.03. The summed E-state index contributed by atoms with van der Waals surface area (Å²) in [6, 6.07) is 0. The predicted molar refractivity (Wildman–Crippen MR) is 40.9 cm³/mol. The van der Waals surface area contributed by atoms with E-state index >= 15 is 0 Å². The average molecular weight is 210 g/mol. The number of hydrogen-bond acceptors (Lipinski definition) is 7. The molecule has 1 N–H and O–H groups in total. The second-order valence-electron chi connectivity index (χ2n) is 2.31. The van der Waals surface area contributed by atoms with Gasteiger partial charge in [0.25, 0.3) is 16.5 Å². The van der Waals surface area contributed by atoms with Crippen LogP contribution >= 0.6 is 0 Å². The Hall–Kier alpha value is -1.64. The topological polar surface area (TPSA) is 125 Å². The first-order valence-electron chi connectivity index (χ1n) is 3.79. The molecule has 0 aromatic heterocycles. The molecule has 9 heteroatoms. The van der Waals surface area contributed by atoms with Crippen LogP contribution in [0.4, 0.5) is 0 Å². The lowest BCUT2D eigenvalue weighted by atomic mass is 10.2. The second-order valence-corrected chi connectivity index (χ2v) is 2.31. The fourth-order valence-electron chi connectivity index (χ4n) is 0.739. The van der Waals surface area contributed by atoms with E-state index in [-0.39, 0.29) is 13.0 Å². The van der Waals surface area contributed by atoms with Gasteiger partial charge in [-0.05, 0) is 19.3 Å². The lowest BCUT2D eigenvalue weighted by Crippen LogP contribution is -2.23. The highest BCUT2D eigenvalue weighted by molar-refractivity contribution is 4.42. The van der Waals surface area contributed by atoms with E-state index in [4.69, 9.17) is 5.11 Å². The Morgan fingerprint density at radius 1 is 1.14 bits per heavy atom. The highest BCUT2D eigenvalue weighted by Gasteiger charge is 2.16. The van der Waals surface area contributed by atoms with Gasteiger partial charge in [-0.2, -0.15) is 0 Å². The molecule has 0 aliphatic heterocycles. The Balaban J connectivity index is 3.84. The molecule has 0 radical (unpaired) electrons. The Kier molecular flexibility index (Phi) is 6.03. The molecule has 0 fully saturated rings. The van der Waals surface area contributed by atoms with Crippen LogP contribution in [-0.2, 0) is 9.68 Å². The van der Waals surface area contributed by atoms with Crippen molar-refractivity contribution in [2.45, 2.75) is 25.6 Å². The van der Waals surface area contributed by atoms with Crippen molar-refractivity contribution < 1.29 is 25.0 Å². The number of nitrogens with zero attached hydrogens (tertiary/aromatic N) is 2. The van der Waals surface area contributed by atoms with Gasteiger partial charge in [0.1, 0.15) is 0 Å². The summed E-state index contributed by atoms with van der Waals surface area (Å²) in [6.07, 6.45) is -0.837. The zero-order valence-electron chi connectivity index (χ0n) is 7.20. The summed E-state index contributed by atoms with van der Waals surface area (Å²) in [7, 11) is 0. The lowest BCUT2D eigenvalue weighted by molar-refractivity contribution is -0.851. The molecule has 0 atom stereocenters. The Morgan fingerprint density at radius 2 is 1.64 bits per heavy atom. The molecule has 0 aliphatic rings. The van der Waals surface area contributed by atoms with Crippen LogP contribution in [0.2, 0.25) is 0 Å². The van der Waals surface area contributed by atoms with Crippen molar-refractivity contribution in [3.8, 4) is 0 Å². The van der Waals surface area contributed by atoms with Crippen molar-refractivity contribution in [3.05, 3.63) is 20.2 Å². The maximum absolute atomic E-state index is 9.86. The van der Waals surface area contributed by atoms with Crippen molar-refractivity contribution in [1.29, 1.82) is 0 Å². The van der Waals surface area contributed by atoms with Gasteiger partial charge in [0.2, 0.25) is 0 Å². The molecule has 0 rings (SSSR count). The quantitative estimate of drug-likeness (QED) is 0.256. The fourth-order valence-corrected chi connectivity index (χ4v) is 0.739. The molecular formula is C5H10N2O7. The zero-order valence-corrected chi connectivity index (χ0v) is 7.20. The molecule has 0 aromatic carbocycles. The van der Waals surface area contributed by atoms with Gasteiger partial charge >= 0.3 is 0 Å². The Morgan fingerprint density at radius 3 is 2.00 bits per heavy atom. The molecular weight excluding hydrogens is 200 g/mol. The molecule has 14 heavy (non-hydrogen) atoms. The highest BCUT2D eigenvalue weighted by Crippen LogP contribution is 2.06. The predicted octanol–water partition coefficient (Wildman–Crippen LogP) is -0.108. The van der Waals surface area contributed by atoms with Crippen molar-refractivity contribution in [2.75, 3.05) is 6.61 Å². The normalized spacial score (nSPS) is 9.86. The number of unbranched alkanes of at least 4 members (excludes halogenated alkanes) is 1. The summed E-state index contributed by atoms with van der Waals surface area (Å²) in [6.45, 7) is -0.0936. The van der Waals surface area contributed by atoms with Gasteiger partial charge in [-0.3, -0.25) is 9.68 Å². The molecule has 0 aromatic rings. The van der Waals surface area contributed by atoms with Gasteiger partial charge in [0.15, 0.2) is 0 Å². The van der Waals surface area contributed by atoms with Gasteiger partial charge < -0.3 is 5.11 Å². The largest absolute Gasteiger partial charge is 0.396 e. The van der Waals surface area contributed by atoms with Crippen molar-refractivity contribution in [1.82, 2.24) is 0 Å². The molecule has 0 saturated heterocycles. The number of rotatable bonds is 8. The molecule has 0 amide bonds. The van der Waals surface area contributed by atoms with Crippen LogP contribution in [0, 0.1) is 20.2 Å². The maximum atomic E-state index is 9.86. The first-order valence-corrected chi connectivity index (χ1v) is 3.79. The first-order chi connectivity index (χ1) is 6.56. The number of aliphatic hydroxyl groups is 1. The summed E-state index contributed by atoms with van der Waals surface area (Å²) in [4.78, 5) is 27.5. The maximum Gasteiger partial charge on any atom is 0.296 e. The molecule has 9 nitrogen and oxygen atoms in total.